The van der Waals surface area contributed by atoms with E-state index in [1.54, 1.807) is 0 Å². The summed E-state index contributed by atoms with van der Waals surface area (Å²) >= 11 is 0. The lowest BCUT2D eigenvalue weighted by Gasteiger charge is -2.24. The molecular formula is C50H89NO8P+. The zero-order chi connectivity index (χ0) is 44.3. The van der Waals surface area contributed by atoms with E-state index in [4.69, 9.17) is 18.5 Å². The average Bonchev–Trinajstić information content (AvgIpc) is 3.20. The molecule has 60 heavy (non-hydrogen) atoms. The predicted molar refractivity (Wildman–Crippen MR) is 252 cm³/mol. The third kappa shape index (κ3) is 45.0. The quantitative estimate of drug-likeness (QED) is 0.0212. The van der Waals surface area contributed by atoms with Crippen LogP contribution in [0.15, 0.2) is 72.9 Å². The number of phosphoric ester groups is 1. The van der Waals surface area contributed by atoms with Gasteiger partial charge in [-0.15, -0.1) is 0 Å². The summed E-state index contributed by atoms with van der Waals surface area (Å²) in [7, 11) is 1.44. The van der Waals surface area contributed by atoms with Gasteiger partial charge in [-0.3, -0.25) is 18.6 Å². The van der Waals surface area contributed by atoms with Crippen molar-refractivity contribution in [1.29, 1.82) is 0 Å². The first-order chi connectivity index (χ1) is 29.0. The third-order valence-electron chi connectivity index (χ3n) is 9.71. The second-order valence-electron chi connectivity index (χ2n) is 16.8. The van der Waals surface area contributed by atoms with E-state index in [-0.39, 0.29) is 32.0 Å². The van der Waals surface area contributed by atoms with E-state index in [1.807, 2.05) is 21.1 Å². The number of likely N-dealkylation sites (N-methyl/N-ethyl adjacent to an activating group) is 1. The Morgan fingerprint density at radius 3 is 1.35 bits per heavy atom. The predicted octanol–water partition coefficient (Wildman–Crippen LogP) is 13.8. The minimum atomic E-state index is -4.39. The summed E-state index contributed by atoms with van der Waals surface area (Å²) in [6.07, 6.45) is 52.3. The number of phosphoric acid groups is 1. The minimum Gasteiger partial charge on any atom is -0.462 e. The van der Waals surface area contributed by atoms with Crippen LogP contribution in [0.25, 0.3) is 0 Å². The summed E-state index contributed by atoms with van der Waals surface area (Å²) in [6.45, 7) is 4.31. The number of esters is 2. The van der Waals surface area contributed by atoms with Crippen LogP contribution < -0.4 is 0 Å². The van der Waals surface area contributed by atoms with Crippen molar-refractivity contribution in [1.82, 2.24) is 0 Å². The van der Waals surface area contributed by atoms with Gasteiger partial charge in [0, 0.05) is 12.8 Å². The first-order valence-electron chi connectivity index (χ1n) is 23.7. The summed E-state index contributed by atoms with van der Waals surface area (Å²) in [5.41, 5.74) is 0. The van der Waals surface area contributed by atoms with Gasteiger partial charge in [0.25, 0.3) is 0 Å². The number of quaternary nitrogens is 1. The summed E-state index contributed by atoms with van der Waals surface area (Å²) in [6, 6.07) is 0. The smallest absolute Gasteiger partial charge is 0.462 e. The van der Waals surface area contributed by atoms with Gasteiger partial charge in [0.15, 0.2) is 6.10 Å². The summed E-state index contributed by atoms with van der Waals surface area (Å²) < 4.78 is 34.3. The van der Waals surface area contributed by atoms with Gasteiger partial charge in [-0.25, -0.2) is 4.57 Å². The lowest BCUT2D eigenvalue weighted by Crippen LogP contribution is -2.37. The van der Waals surface area contributed by atoms with Gasteiger partial charge in [0.1, 0.15) is 19.8 Å². The molecule has 0 spiro atoms. The highest BCUT2D eigenvalue weighted by atomic mass is 31.2. The molecule has 0 aromatic heterocycles. The molecule has 0 aromatic carbocycles. The van der Waals surface area contributed by atoms with Crippen LogP contribution in [-0.4, -0.2) is 74.9 Å². The SMILES string of the molecule is CCCCC/C=C\C/C=C\C/C=C\C/C=C\CCCCCC(=O)O[C@H](COC(=O)CCCCCCCCC/C=C\C/C=C\CCCCC)COP(=O)(O)OCC[N+](C)(C)C. The molecule has 1 unspecified atom stereocenters. The second kappa shape index (κ2) is 41.8. The second-order valence-corrected chi connectivity index (χ2v) is 18.2. The summed E-state index contributed by atoms with van der Waals surface area (Å²) in [4.78, 5) is 35.4. The Hall–Kier alpha value is -2.55. The monoisotopic (exact) mass is 863 g/mol. The third-order valence-corrected chi connectivity index (χ3v) is 10.7. The van der Waals surface area contributed by atoms with Gasteiger partial charge >= 0.3 is 19.8 Å². The van der Waals surface area contributed by atoms with E-state index >= 15 is 0 Å². The molecule has 2 atom stereocenters. The van der Waals surface area contributed by atoms with Gasteiger partial charge in [-0.05, 0) is 89.9 Å². The van der Waals surface area contributed by atoms with Crippen LogP contribution in [0.3, 0.4) is 0 Å². The van der Waals surface area contributed by atoms with Gasteiger partial charge in [0.2, 0.25) is 0 Å². The molecule has 1 N–H and O–H groups in total. The van der Waals surface area contributed by atoms with Crippen LogP contribution in [0.5, 0.6) is 0 Å². The topological polar surface area (TPSA) is 108 Å². The number of carbonyl (C=O) groups is 2. The summed E-state index contributed by atoms with van der Waals surface area (Å²) in [5.74, 6) is -0.848. The van der Waals surface area contributed by atoms with Crippen LogP contribution in [0.2, 0.25) is 0 Å². The Morgan fingerprint density at radius 1 is 0.517 bits per heavy atom. The molecule has 0 aromatic rings. The van der Waals surface area contributed by atoms with E-state index in [1.165, 1.54) is 70.6 Å². The lowest BCUT2D eigenvalue weighted by atomic mass is 10.1. The first-order valence-corrected chi connectivity index (χ1v) is 25.2. The molecule has 0 saturated carbocycles. The van der Waals surface area contributed by atoms with E-state index in [0.717, 1.165) is 77.0 Å². The lowest BCUT2D eigenvalue weighted by molar-refractivity contribution is -0.870. The Morgan fingerprint density at radius 2 is 0.900 bits per heavy atom. The largest absolute Gasteiger partial charge is 0.472 e. The van der Waals surface area contributed by atoms with Crippen molar-refractivity contribution in [3.63, 3.8) is 0 Å². The molecule has 0 aliphatic rings. The highest BCUT2D eigenvalue weighted by Crippen LogP contribution is 2.43. The van der Waals surface area contributed by atoms with Crippen molar-refractivity contribution in [3.8, 4) is 0 Å². The van der Waals surface area contributed by atoms with Crippen molar-refractivity contribution < 1.29 is 42.1 Å². The summed E-state index contributed by atoms with van der Waals surface area (Å²) in [5, 5.41) is 0. The van der Waals surface area contributed by atoms with Crippen LogP contribution in [0.4, 0.5) is 0 Å². The minimum absolute atomic E-state index is 0.0203. The molecule has 0 amide bonds. The van der Waals surface area contributed by atoms with E-state index in [9.17, 15) is 19.0 Å². The number of rotatable bonds is 42. The number of allylic oxidation sites excluding steroid dienone is 12. The van der Waals surface area contributed by atoms with E-state index in [2.05, 4.69) is 86.8 Å². The van der Waals surface area contributed by atoms with Crippen molar-refractivity contribution in [2.24, 2.45) is 0 Å². The number of carbonyl (C=O) groups excluding carboxylic acids is 2. The Bertz CT molecular complexity index is 1250. The number of ether oxygens (including phenoxy) is 2. The zero-order valence-corrected chi connectivity index (χ0v) is 39.8. The Labute approximate surface area is 368 Å². The highest BCUT2D eigenvalue weighted by molar-refractivity contribution is 7.47. The van der Waals surface area contributed by atoms with Gasteiger partial charge in [-0.2, -0.15) is 0 Å². The standard InChI is InChI=1S/C50H88NO8P/c1-6-8-10-12-14-16-18-20-22-24-25-27-29-31-33-35-37-39-41-43-50(53)59-48(47-58-60(54,55)57-45-44-51(3,4)5)46-56-49(52)42-40-38-36-34-32-30-28-26-23-21-19-17-15-13-11-9-7-2/h14-17,20-23,25,27,31,33,48H,6-13,18-19,24,26,28-30,32,34-47H2,1-5H3/p+1/b16-14-,17-15-,22-20-,23-21-,27-25-,33-31-/t48-/m1/s1. The molecule has 0 saturated heterocycles. The maximum absolute atomic E-state index is 12.7. The molecule has 10 heteroatoms. The number of nitrogens with zero attached hydrogens (tertiary/aromatic N) is 1. The molecule has 0 bridgehead atoms. The van der Waals surface area contributed by atoms with Crippen LogP contribution >= 0.6 is 7.82 Å². The zero-order valence-electron chi connectivity index (χ0n) is 38.9. The Balaban J connectivity index is 4.41. The van der Waals surface area contributed by atoms with Gasteiger partial charge in [-0.1, -0.05) is 151 Å². The van der Waals surface area contributed by atoms with E-state index < -0.39 is 26.5 Å². The van der Waals surface area contributed by atoms with Crippen molar-refractivity contribution >= 4 is 19.8 Å². The molecule has 0 heterocycles. The van der Waals surface area contributed by atoms with Crippen LogP contribution in [0.1, 0.15) is 181 Å². The first kappa shape index (κ1) is 57.4. The molecule has 0 aliphatic carbocycles. The molecule has 0 aliphatic heterocycles. The number of hydrogen-bond donors (Lipinski definition) is 1. The molecule has 9 nitrogen and oxygen atoms in total. The van der Waals surface area contributed by atoms with E-state index in [0.29, 0.717) is 17.4 Å². The van der Waals surface area contributed by atoms with Crippen molar-refractivity contribution in [2.45, 2.75) is 187 Å². The van der Waals surface area contributed by atoms with Gasteiger partial charge in [0.05, 0.1) is 27.7 Å². The fraction of sp³-hybridized carbons (Fsp3) is 0.720. The van der Waals surface area contributed by atoms with Gasteiger partial charge < -0.3 is 18.9 Å². The number of unbranched alkanes of at least 4 members (excludes halogenated alkanes) is 16. The molecule has 0 fully saturated rings. The maximum Gasteiger partial charge on any atom is 0.472 e. The molecule has 0 rings (SSSR count). The fourth-order valence-corrected chi connectivity index (χ4v) is 6.71. The maximum atomic E-state index is 12.7. The molecule has 0 radical (unpaired) electrons. The van der Waals surface area contributed by atoms with Crippen molar-refractivity contribution in [3.05, 3.63) is 72.9 Å². The molecule has 346 valence electrons. The fourth-order valence-electron chi connectivity index (χ4n) is 5.97. The average molecular weight is 863 g/mol. The number of hydrogen-bond acceptors (Lipinski definition) is 7. The molecular weight excluding hydrogens is 774 g/mol. The van der Waals surface area contributed by atoms with Crippen molar-refractivity contribution in [2.75, 3.05) is 47.5 Å². The van der Waals surface area contributed by atoms with Crippen LogP contribution in [-0.2, 0) is 32.7 Å². The normalized spacial score (nSPS) is 14.2. The van der Waals surface area contributed by atoms with Crippen LogP contribution in [0, 0.1) is 0 Å². The Kier molecular flexibility index (Phi) is 40.0. The highest BCUT2D eigenvalue weighted by Gasteiger charge is 2.27.